The van der Waals surface area contributed by atoms with E-state index in [0.717, 1.165) is 69.5 Å². The van der Waals surface area contributed by atoms with Crippen LogP contribution >= 0.6 is 0 Å². The molecule has 4 rings (SSSR count). The fourth-order valence-electron chi connectivity index (χ4n) is 4.85. The fourth-order valence-corrected chi connectivity index (χ4v) is 4.85. The predicted molar refractivity (Wildman–Crippen MR) is 103 cm³/mol. The van der Waals surface area contributed by atoms with Gasteiger partial charge in [-0.25, -0.2) is 4.39 Å². The summed E-state index contributed by atoms with van der Waals surface area (Å²) in [6.45, 7) is 5.42. The van der Waals surface area contributed by atoms with Crippen LogP contribution in [0.15, 0.2) is 18.2 Å². The Balaban J connectivity index is 1.46. The summed E-state index contributed by atoms with van der Waals surface area (Å²) in [5.41, 5.74) is 1.98. The molecule has 0 bridgehead atoms. The van der Waals surface area contributed by atoms with Crippen molar-refractivity contribution in [1.82, 2.24) is 10.6 Å². The van der Waals surface area contributed by atoms with Crippen LogP contribution in [0.1, 0.15) is 50.6 Å². The first-order valence-electron chi connectivity index (χ1n) is 10.2. The van der Waals surface area contributed by atoms with Gasteiger partial charge >= 0.3 is 0 Å². The average molecular weight is 375 g/mol. The molecule has 0 unspecified atom stereocenters. The van der Waals surface area contributed by atoms with Gasteiger partial charge in [0, 0.05) is 30.3 Å². The van der Waals surface area contributed by atoms with Gasteiger partial charge in [-0.05, 0) is 75.7 Å². The Bertz CT molecular complexity index is 697. The number of halogens is 1. The number of aliphatic hydroxyl groups is 1. The van der Waals surface area contributed by atoms with Crippen molar-refractivity contribution in [2.45, 2.75) is 51.2 Å². The van der Waals surface area contributed by atoms with Crippen molar-refractivity contribution in [3.05, 3.63) is 29.6 Å². The largest absolute Gasteiger partial charge is 0.393 e. The molecule has 2 atom stereocenters. The van der Waals surface area contributed by atoms with E-state index in [1.54, 1.807) is 12.1 Å². The number of carbonyl (C=O) groups is 1. The zero-order valence-corrected chi connectivity index (χ0v) is 16.0. The monoisotopic (exact) mass is 375 g/mol. The molecule has 3 N–H and O–H groups in total. The number of rotatable bonds is 4. The summed E-state index contributed by atoms with van der Waals surface area (Å²) in [6, 6.07) is 4.58. The van der Waals surface area contributed by atoms with E-state index in [9.17, 15) is 14.3 Å². The van der Waals surface area contributed by atoms with E-state index in [0.29, 0.717) is 0 Å². The lowest BCUT2D eigenvalue weighted by Crippen LogP contribution is -2.38. The van der Waals surface area contributed by atoms with E-state index >= 15 is 0 Å². The second-order valence-corrected chi connectivity index (χ2v) is 8.52. The molecule has 27 heavy (non-hydrogen) atoms. The Labute approximate surface area is 160 Å². The Morgan fingerprint density at radius 1 is 1.33 bits per heavy atom. The molecule has 1 aromatic carbocycles. The SMILES string of the molecule is C[C@@H](NC(=O)[C@H]1CC12CCNCC2)c1cc(F)ccc1N1CCC(O)CC1. The maximum absolute atomic E-state index is 14.0. The smallest absolute Gasteiger partial charge is 0.224 e. The molecule has 1 saturated carbocycles. The summed E-state index contributed by atoms with van der Waals surface area (Å²) >= 11 is 0. The van der Waals surface area contributed by atoms with Crippen molar-refractivity contribution in [1.29, 1.82) is 0 Å². The molecule has 0 radical (unpaired) electrons. The normalized spacial score (nSPS) is 26.0. The van der Waals surface area contributed by atoms with Crippen molar-refractivity contribution in [2.24, 2.45) is 11.3 Å². The van der Waals surface area contributed by atoms with Crippen molar-refractivity contribution >= 4 is 11.6 Å². The minimum Gasteiger partial charge on any atom is -0.393 e. The van der Waals surface area contributed by atoms with Gasteiger partial charge in [-0.3, -0.25) is 4.79 Å². The molecule has 5 nitrogen and oxygen atoms in total. The Morgan fingerprint density at radius 3 is 2.74 bits per heavy atom. The van der Waals surface area contributed by atoms with Crippen LogP contribution in [0, 0.1) is 17.2 Å². The number of hydrogen-bond acceptors (Lipinski definition) is 4. The number of nitrogens with zero attached hydrogens (tertiary/aromatic N) is 1. The lowest BCUT2D eigenvalue weighted by atomic mass is 9.91. The van der Waals surface area contributed by atoms with Crippen molar-refractivity contribution in [3.8, 4) is 0 Å². The molecule has 2 aliphatic heterocycles. The van der Waals surface area contributed by atoms with Crippen LogP contribution < -0.4 is 15.5 Å². The highest BCUT2D eigenvalue weighted by atomic mass is 19.1. The van der Waals surface area contributed by atoms with Gasteiger partial charge in [0.1, 0.15) is 5.82 Å². The summed E-state index contributed by atoms with van der Waals surface area (Å²) in [5, 5.41) is 16.3. The number of benzene rings is 1. The highest BCUT2D eigenvalue weighted by Crippen LogP contribution is 2.58. The molecule has 1 aromatic rings. The van der Waals surface area contributed by atoms with E-state index in [4.69, 9.17) is 0 Å². The summed E-state index contributed by atoms with van der Waals surface area (Å²) < 4.78 is 14.0. The van der Waals surface area contributed by atoms with E-state index in [1.807, 2.05) is 6.92 Å². The first-order chi connectivity index (χ1) is 13.0. The van der Waals surface area contributed by atoms with Gasteiger partial charge < -0.3 is 20.6 Å². The first kappa shape index (κ1) is 18.7. The summed E-state index contributed by atoms with van der Waals surface area (Å²) in [7, 11) is 0. The lowest BCUT2D eigenvalue weighted by Gasteiger charge is -2.34. The topological polar surface area (TPSA) is 64.6 Å². The lowest BCUT2D eigenvalue weighted by molar-refractivity contribution is -0.123. The summed E-state index contributed by atoms with van der Waals surface area (Å²) in [5.74, 6) is -0.0778. The van der Waals surface area contributed by atoms with Gasteiger partial charge in [-0.15, -0.1) is 0 Å². The third-order valence-corrected chi connectivity index (χ3v) is 6.73. The Kier molecular flexibility index (Phi) is 5.12. The first-order valence-corrected chi connectivity index (χ1v) is 10.2. The van der Waals surface area contributed by atoms with Crippen LogP contribution in [0.2, 0.25) is 0 Å². The molecule has 2 saturated heterocycles. The van der Waals surface area contributed by atoms with Gasteiger partial charge in [0.05, 0.1) is 12.1 Å². The fraction of sp³-hybridized carbons (Fsp3) is 0.667. The van der Waals surface area contributed by atoms with Crippen LogP contribution in [0.3, 0.4) is 0 Å². The molecule has 2 heterocycles. The second kappa shape index (κ2) is 7.40. The van der Waals surface area contributed by atoms with Crippen molar-refractivity contribution < 1.29 is 14.3 Å². The van der Waals surface area contributed by atoms with Crippen LogP contribution in [0.5, 0.6) is 0 Å². The van der Waals surface area contributed by atoms with Gasteiger partial charge in [0.25, 0.3) is 0 Å². The molecule has 3 fully saturated rings. The number of aliphatic hydroxyl groups excluding tert-OH is 1. The number of nitrogens with one attached hydrogen (secondary N) is 2. The molecule has 0 aromatic heterocycles. The molecule has 6 heteroatoms. The van der Waals surface area contributed by atoms with E-state index < -0.39 is 0 Å². The number of anilines is 1. The molecular formula is C21H30FN3O2. The van der Waals surface area contributed by atoms with Gasteiger partial charge in [0.2, 0.25) is 5.91 Å². The number of hydrogen-bond donors (Lipinski definition) is 3. The Hall–Kier alpha value is -1.66. The van der Waals surface area contributed by atoms with Gasteiger partial charge in [-0.2, -0.15) is 0 Å². The molecule has 1 spiro atoms. The average Bonchev–Trinajstić information content (AvgIpc) is 3.36. The van der Waals surface area contributed by atoms with E-state index in [1.165, 1.54) is 6.07 Å². The quantitative estimate of drug-likeness (QED) is 0.756. The third kappa shape index (κ3) is 3.83. The maximum Gasteiger partial charge on any atom is 0.224 e. The molecule has 3 aliphatic rings. The van der Waals surface area contributed by atoms with Crippen molar-refractivity contribution in [3.63, 3.8) is 0 Å². The van der Waals surface area contributed by atoms with Crippen LogP contribution in [0.4, 0.5) is 10.1 Å². The zero-order valence-electron chi connectivity index (χ0n) is 16.0. The van der Waals surface area contributed by atoms with Crippen molar-refractivity contribution in [2.75, 3.05) is 31.1 Å². The minimum atomic E-state index is -0.284. The standard InChI is InChI=1S/C21H30FN3O2/c1-14(24-20(27)18-13-21(18)6-8-23-9-7-21)17-12-15(22)2-3-19(17)25-10-4-16(26)5-11-25/h2-3,12,14,16,18,23,26H,4-11,13H2,1H3,(H,24,27)/t14-,18-/m1/s1. The summed E-state index contributed by atoms with van der Waals surface area (Å²) in [4.78, 5) is 15.0. The molecule has 1 aliphatic carbocycles. The summed E-state index contributed by atoms with van der Waals surface area (Å²) in [6.07, 6.45) is 4.31. The number of piperidine rings is 2. The molecule has 1 amide bonds. The van der Waals surface area contributed by atoms with Crippen LogP contribution in [-0.2, 0) is 4.79 Å². The second-order valence-electron chi connectivity index (χ2n) is 8.52. The van der Waals surface area contributed by atoms with Crippen LogP contribution in [0.25, 0.3) is 0 Å². The molecule has 148 valence electrons. The molecular weight excluding hydrogens is 345 g/mol. The number of carbonyl (C=O) groups excluding carboxylic acids is 1. The Morgan fingerprint density at radius 2 is 2.04 bits per heavy atom. The van der Waals surface area contributed by atoms with Gasteiger partial charge in [0.15, 0.2) is 0 Å². The number of amides is 1. The highest BCUT2D eigenvalue weighted by Gasteiger charge is 2.57. The predicted octanol–water partition coefficient (Wildman–Crippen LogP) is 2.35. The minimum absolute atomic E-state index is 0.101. The van der Waals surface area contributed by atoms with E-state index in [2.05, 4.69) is 15.5 Å². The highest BCUT2D eigenvalue weighted by molar-refractivity contribution is 5.83. The van der Waals surface area contributed by atoms with Gasteiger partial charge in [-0.1, -0.05) is 0 Å². The maximum atomic E-state index is 14.0. The zero-order chi connectivity index (χ0) is 19.0. The third-order valence-electron chi connectivity index (χ3n) is 6.73. The van der Waals surface area contributed by atoms with Crippen LogP contribution in [-0.4, -0.2) is 43.3 Å². The van der Waals surface area contributed by atoms with E-state index in [-0.39, 0.29) is 35.2 Å².